The molecule has 2 aromatic heterocycles. The lowest BCUT2D eigenvalue weighted by molar-refractivity contribution is 0.557. The van der Waals surface area contributed by atoms with Gasteiger partial charge in [-0.1, -0.05) is 20.8 Å². The van der Waals surface area contributed by atoms with Crippen molar-refractivity contribution in [3.63, 3.8) is 0 Å². The first kappa shape index (κ1) is 9.12. The average Bonchev–Trinajstić information content (AvgIpc) is 2.44. The zero-order valence-electron chi connectivity index (χ0n) is 8.94. The summed E-state index contributed by atoms with van der Waals surface area (Å²) in [6.07, 6.45) is 3.40. The van der Waals surface area contributed by atoms with Crippen LogP contribution in [0.2, 0.25) is 0 Å². The van der Waals surface area contributed by atoms with E-state index in [1.54, 1.807) is 17.1 Å². The van der Waals surface area contributed by atoms with Crippen LogP contribution in [0.4, 0.5) is 0 Å². The van der Waals surface area contributed by atoms with E-state index >= 15 is 0 Å². The van der Waals surface area contributed by atoms with Crippen molar-refractivity contribution in [3.05, 3.63) is 18.1 Å². The van der Waals surface area contributed by atoms with E-state index < -0.39 is 0 Å². The Morgan fingerprint density at radius 1 is 1.14 bits per heavy atom. The van der Waals surface area contributed by atoms with Crippen LogP contribution in [0, 0.1) is 0 Å². The molecular weight excluding hydrogens is 176 g/mol. The van der Waals surface area contributed by atoms with Gasteiger partial charge in [0.15, 0.2) is 5.65 Å². The molecule has 0 spiro atoms. The van der Waals surface area contributed by atoms with E-state index in [9.17, 15) is 0 Å². The number of hydrogen-bond donors (Lipinski definition) is 0. The van der Waals surface area contributed by atoms with Crippen LogP contribution < -0.4 is 0 Å². The van der Waals surface area contributed by atoms with Gasteiger partial charge in [0.05, 0.1) is 5.69 Å². The molecule has 0 aliphatic carbocycles. The van der Waals surface area contributed by atoms with Crippen LogP contribution in [0.5, 0.6) is 0 Å². The minimum Gasteiger partial charge on any atom is -0.249 e. The lowest BCUT2D eigenvalue weighted by Crippen LogP contribution is -2.13. The normalized spacial score (nSPS) is 12.3. The van der Waals surface area contributed by atoms with E-state index in [-0.39, 0.29) is 5.41 Å². The van der Waals surface area contributed by atoms with E-state index in [0.29, 0.717) is 0 Å². The summed E-state index contributed by atoms with van der Waals surface area (Å²) in [5.74, 6) is 0. The summed E-state index contributed by atoms with van der Waals surface area (Å²) >= 11 is 0. The minimum atomic E-state index is 0.00947. The number of aromatic nitrogens is 4. The van der Waals surface area contributed by atoms with Gasteiger partial charge in [0.1, 0.15) is 5.52 Å². The van der Waals surface area contributed by atoms with Gasteiger partial charge in [0, 0.05) is 24.9 Å². The summed E-state index contributed by atoms with van der Waals surface area (Å²) in [7, 11) is 1.90. The number of fused-ring (bicyclic) bond motifs is 1. The summed E-state index contributed by atoms with van der Waals surface area (Å²) in [5.41, 5.74) is 2.76. The molecule has 2 aromatic rings. The number of nitrogens with zero attached hydrogens (tertiary/aromatic N) is 4. The first-order valence-electron chi connectivity index (χ1n) is 4.64. The summed E-state index contributed by atoms with van der Waals surface area (Å²) in [4.78, 5) is 8.58. The van der Waals surface area contributed by atoms with Gasteiger partial charge < -0.3 is 0 Å². The van der Waals surface area contributed by atoms with Crippen molar-refractivity contribution in [2.45, 2.75) is 26.2 Å². The largest absolute Gasteiger partial charge is 0.249 e. The minimum absolute atomic E-state index is 0.00947. The highest BCUT2D eigenvalue weighted by Gasteiger charge is 2.22. The van der Waals surface area contributed by atoms with Gasteiger partial charge in [-0.05, 0) is 0 Å². The van der Waals surface area contributed by atoms with Crippen molar-refractivity contribution >= 4 is 11.2 Å². The first-order valence-corrected chi connectivity index (χ1v) is 4.64. The molecule has 14 heavy (non-hydrogen) atoms. The zero-order chi connectivity index (χ0) is 10.3. The highest BCUT2D eigenvalue weighted by molar-refractivity contribution is 5.74. The van der Waals surface area contributed by atoms with Gasteiger partial charge in [0.25, 0.3) is 0 Å². The molecule has 0 saturated heterocycles. The molecule has 0 aliphatic rings. The molecule has 2 rings (SSSR count). The molecule has 0 aromatic carbocycles. The molecule has 4 nitrogen and oxygen atoms in total. The van der Waals surface area contributed by atoms with Gasteiger partial charge in [0.2, 0.25) is 0 Å². The van der Waals surface area contributed by atoms with Crippen LogP contribution in [0.25, 0.3) is 11.2 Å². The SMILES string of the molecule is Cn1nc(C(C)(C)C)c2nccnc21. The molecular formula is C10H14N4. The van der Waals surface area contributed by atoms with E-state index in [0.717, 1.165) is 16.9 Å². The van der Waals surface area contributed by atoms with Gasteiger partial charge in [-0.2, -0.15) is 5.10 Å². The third kappa shape index (κ3) is 1.27. The topological polar surface area (TPSA) is 43.6 Å². The van der Waals surface area contributed by atoms with Gasteiger partial charge in [-0.15, -0.1) is 0 Å². The third-order valence-electron chi connectivity index (χ3n) is 2.17. The van der Waals surface area contributed by atoms with E-state index in [4.69, 9.17) is 0 Å². The predicted molar refractivity (Wildman–Crippen MR) is 55.0 cm³/mol. The van der Waals surface area contributed by atoms with E-state index in [1.807, 2.05) is 7.05 Å². The van der Waals surface area contributed by atoms with Gasteiger partial charge >= 0.3 is 0 Å². The molecule has 0 amide bonds. The first-order chi connectivity index (χ1) is 6.50. The molecule has 74 valence electrons. The second kappa shape index (κ2) is 2.77. The Balaban J connectivity index is 2.80. The highest BCUT2D eigenvalue weighted by atomic mass is 15.3. The molecule has 0 saturated carbocycles. The zero-order valence-corrected chi connectivity index (χ0v) is 8.94. The van der Waals surface area contributed by atoms with Crippen LogP contribution in [0.15, 0.2) is 12.4 Å². The fourth-order valence-corrected chi connectivity index (χ4v) is 1.48. The predicted octanol–water partition coefficient (Wildman–Crippen LogP) is 1.66. The van der Waals surface area contributed by atoms with Crippen molar-refractivity contribution in [1.82, 2.24) is 19.7 Å². The Morgan fingerprint density at radius 3 is 2.43 bits per heavy atom. The number of hydrogen-bond acceptors (Lipinski definition) is 3. The maximum Gasteiger partial charge on any atom is 0.176 e. The lowest BCUT2D eigenvalue weighted by Gasteiger charge is -2.14. The quantitative estimate of drug-likeness (QED) is 0.634. The molecule has 0 fully saturated rings. The van der Waals surface area contributed by atoms with Crippen molar-refractivity contribution in [2.24, 2.45) is 7.05 Å². The second-order valence-corrected chi connectivity index (χ2v) is 4.45. The lowest BCUT2D eigenvalue weighted by atomic mass is 9.92. The van der Waals surface area contributed by atoms with E-state index in [2.05, 4.69) is 35.8 Å². The van der Waals surface area contributed by atoms with Crippen molar-refractivity contribution < 1.29 is 0 Å². The summed E-state index contributed by atoms with van der Waals surface area (Å²) in [5, 5.41) is 4.45. The molecule has 0 N–H and O–H groups in total. The molecule has 4 heteroatoms. The Labute approximate surface area is 83.0 Å². The van der Waals surface area contributed by atoms with Crippen molar-refractivity contribution in [3.8, 4) is 0 Å². The average molecular weight is 190 g/mol. The molecule has 0 aliphatic heterocycles. The van der Waals surface area contributed by atoms with Crippen LogP contribution in [-0.2, 0) is 12.5 Å². The Hall–Kier alpha value is -1.45. The van der Waals surface area contributed by atoms with Gasteiger partial charge in [-0.25, -0.2) is 14.6 Å². The van der Waals surface area contributed by atoms with Crippen LogP contribution in [0.1, 0.15) is 26.5 Å². The Bertz CT molecular complexity index is 464. The van der Waals surface area contributed by atoms with Crippen molar-refractivity contribution in [1.29, 1.82) is 0 Å². The second-order valence-electron chi connectivity index (χ2n) is 4.45. The molecule has 0 atom stereocenters. The monoisotopic (exact) mass is 190 g/mol. The fourth-order valence-electron chi connectivity index (χ4n) is 1.48. The highest BCUT2D eigenvalue weighted by Crippen LogP contribution is 2.25. The summed E-state index contributed by atoms with van der Waals surface area (Å²) in [6, 6.07) is 0. The van der Waals surface area contributed by atoms with Crippen LogP contribution >= 0.6 is 0 Å². The molecule has 0 bridgehead atoms. The summed E-state index contributed by atoms with van der Waals surface area (Å²) < 4.78 is 1.78. The number of rotatable bonds is 0. The standard InChI is InChI=1S/C10H14N4/c1-10(2,3)8-7-9(14(4)13-8)12-6-5-11-7/h5-6H,1-4H3. The molecule has 0 unspecified atom stereocenters. The maximum absolute atomic E-state index is 4.45. The Morgan fingerprint density at radius 2 is 1.79 bits per heavy atom. The van der Waals surface area contributed by atoms with Crippen molar-refractivity contribution in [2.75, 3.05) is 0 Å². The molecule has 2 heterocycles. The van der Waals surface area contributed by atoms with E-state index in [1.165, 1.54) is 0 Å². The maximum atomic E-state index is 4.45. The van der Waals surface area contributed by atoms with Gasteiger partial charge in [-0.3, -0.25) is 0 Å². The van der Waals surface area contributed by atoms with Crippen LogP contribution in [0.3, 0.4) is 0 Å². The summed E-state index contributed by atoms with van der Waals surface area (Å²) in [6.45, 7) is 6.39. The third-order valence-corrected chi connectivity index (χ3v) is 2.17. The van der Waals surface area contributed by atoms with Crippen LogP contribution in [-0.4, -0.2) is 19.7 Å². The molecule has 0 radical (unpaired) electrons. The number of aryl methyl sites for hydroxylation is 1. The fraction of sp³-hybridized carbons (Fsp3) is 0.500. The Kier molecular flexibility index (Phi) is 1.80. The smallest absolute Gasteiger partial charge is 0.176 e.